The Kier molecular flexibility index (Phi) is 6.61. The van der Waals surface area contributed by atoms with E-state index in [2.05, 4.69) is 5.32 Å². The Morgan fingerprint density at radius 3 is 2.32 bits per heavy atom. The van der Waals surface area contributed by atoms with Gasteiger partial charge in [-0.05, 0) is 11.1 Å². The summed E-state index contributed by atoms with van der Waals surface area (Å²) in [5, 5.41) is 2.93. The highest BCUT2D eigenvalue weighted by Crippen LogP contribution is 2.14. The topological polar surface area (TPSA) is 47.6 Å². The summed E-state index contributed by atoms with van der Waals surface area (Å²) in [5.74, 6) is -0.153. The van der Waals surface area contributed by atoms with Crippen LogP contribution in [0.5, 0.6) is 0 Å². The van der Waals surface area contributed by atoms with Gasteiger partial charge in [-0.2, -0.15) is 0 Å². The number of rotatable bonds is 8. The van der Waals surface area contributed by atoms with Crippen molar-refractivity contribution in [1.29, 1.82) is 0 Å². The summed E-state index contributed by atoms with van der Waals surface area (Å²) >= 11 is 0. The zero-order valence-electron chi connectivity index (χ0n) is 12.7. The number of methoxy groups -OCH3 is 1. The van der Waals surface area contributed by atoms with Crippen LogP contribution < -0.4 is 5.32 Å². The van der Waals surface area contributed by atoms with E-state index >= 15 is 0 Å². The largest absolute Gasteiger partial charge is 0.375 e. The maximum absolute atomic E-state index is 11.8. The molecule has 116 valence electrons. The minimum atomic E-state index is -0.187. The van der Waals surface area contributed by atoms with Crippen LogP contribution in [0, 0.1) is 0 Å². The predicted molar refractivity (Wildman–Crippen MR) is 85.3 cm³/mol. The summed E-state index contributed by atoms with van der Waals surface area (Å²) < 4.78 is 10.6. The van der Waals surface area contributed by atoms with Gasteiger partial charge in [-0.3, -0.25) is 4.79 Å². The fraction of sp³-hybridized carbons (Fsp3) is 0.278. The molecule has 2 aromatic rings. The average molecular weight is 299 g/mol. The second-order valence-electron chi connectivity index (χ2n) is 4.96. The molecular formula is C18H21NO3. The molecule has 0 saturated heterocycles. The molecule has 0 aliphatic rings. The smallest absolute Gasteiger partial charge is 0.246 e. The van der Waals surface area contributed by atoms with Crippen molar-refractivity contribution in [3.63, 3.8) is 0 Å². The molecule has 22 heavy (non-hydrogen) atoms. The lowest BCUT2D eigenvalue weighted by atomic mass is 10.1. The molecule has 0 bridgehead atoms. The molecule has 0 aromatic heterocycles. The number of hydrogen-bond acceptors (Lipinski definition) is 3. The first-order chi connectivity index (χ1) is 10.8. The summed E-state index contributed by atoms with van der Waals surface area (Å²) in [7, 11) is 1.50. The minimum absolute atomic E-state index is 0.0437. The van der Waals surface area contributed by atoms with E-state index in [0.29, 0.717) is 13.2 Å². The zero-order chi connectivity index (χ0) is 15.6. The van der Waals surface area contributed by atoms with E-state index < -0.39 is 0 Å². The van der Waals surface area contributed by atoms with Gasteiger partial charge in [0, 0.05) is 7.11 Å². The summed E-state index contributed by atoms with van der Waals surface area (Å²) in [6.07, 6.45) is 0. The number of ether oxygens (including phenoxy) is 2. The lowest BCUT2D eigenvalue weighted by Crippen LogP contribution is -2.33. The lowest BCUT2D eigenvalue weighted by Gasteiger charge is -2.19. The second-order valence-corrected chi connectivity index (χ2v) is 4.96. The third kappa shape index (κ3) is 5.31. The van der Waals surface area contributed by atoms with Gasteiger partial charge in [0.1, 0.15) is 6.61 Å². The highest BCUT2D eigenvalue weighted by atomic mass is 16.5. The Morgan fingerprint density at radius 1 is 1.05 bits per heavy atom. The van der Waals surface area contributed by atoms with Gasteiger partial charge in [0.25, 0.3) is 0 Å². The fourth-order valence-electron chi connectivity index (χ4n) is 2.14. The number of amides is 1. The summed E-state index contributed by atoms with van der Waals surface area (Å²) in [5.41, 5.74) is 2.12. The Labute approximate surface area is 131 Å². The molecule has 0 radical (unpaired) electrons. The Morgan fingerprint density at radius 2 is 1.68 bits per heavy atom. The van der Waals surface area contributed by atoms with Crippen LogP contribution in [0.1, 0.15) is 17.2 Å². The number of benzene rings is 2. The second kappa shape index (κ2) is 8.97. The highest BCUT2D eigenvalue weighted by molar-refractivity contribution is 5.77. The molecule has 0 unspecified atom stereocenters. The molecule has 1 N–H and O–H groups in total. The Balaban J connectivity index is 1.94. The summed E-state index contributed by atoms with van der Waals surface area (Å²) in [6.45, 7) is 0.973. The van der Waals surface area contributed by atoms with Crippen molar-refractivity contribution in [3.05, 3.63) is 71.8 Å². The van der Waals surface area contributed by atoms with Gasteiger partial charge in [0.05, 0.1) is 19.3 Å². The van der Waals surface area contributed by atoms with Crippen LogP contribution in [-0.4, -0.2) is 26.2 Å². The normalized spacial score (nSPS) is 11.9. The number of hydrogen-bond donors (Lipinski definition) is 1. The number of nitrogens with one attached hydrogen (secondary N) is 1. The maximum atomic E-state index is 11.8. The average Bonchev–Trinajstić information content (AvgIpc) is 2.56. The molecule has 0 fully saturated rings. The van der Waals surface area contributed by atoms with Crippen LogP contribution in [0.25, 0.3) is 0 Å². The molecule has 1 atom stereocenters. The molecule has 0 spiro atoms. The molecule has 0 aliphatic carbocycles. The van der Waals surface area contributed by atoms with E-state index in [1.165, 1.54) is 7.11 Å². The molecule has 2 rings (SSSR count). The van der Waals surface area contributed by atoms with E-state index in [0.717, 1.165) is 11.1 Å². The zero-order valence-corrected chi connectivity index (χ0v) is 12.7. The van der Waals surface area contributed by atoms with Crippen molar-refractivity contribution in [2.24, 2.45) is 0 Å². The van der Waals surface area contributed by atoms with Gasteiger partial charge >= 0.3 is 0 Å². The van der Waals surface area contributed by atoms with Gasteiger partial charge in [-0.1, -0.05) is 60.7 Å². The highest BCUT2D eigenvalue weighted by Gasteiger charge is 2.14. The van der Waals surface area contributed by atoms with Crippen molar-refractivity contribution >= 4 is 5.91 Å². The van der Waals surface area contributed by atoms with Crippen LogP contribution in [-0.2, 0) is 20.9 Å². The van der Waals surface area contributed by atoms with Gasteiger partial charge in [0.2, 0.25) is 5.91 Å². The van der Waals surface area contributed by atoms with Crippen LogP contribution in [0.4, 0.5) is 0 Å². The minimum Gasteiger partial charge on any atom is -0.375 e. The van der Waals surface area contributed by atoms with Crippen LogP contribution >= 0.6 is 0 Å². The lowest BCUT2D eigenvalue weighted by molar-refractivity contribution is -0.126. The standard InChI is InChI=1S/C18H21NO3/c1-21-14-18(20)19-17(16-10-6-3-7-11-16)13-22-12-15-8-4-2-5-9-15/h2-11,17H,12-14H2,1H3,(H,19,20)/t17-/m0/s1. The van der Waals surface area contributed by atoms with Gasteiger partial charge in [0.15, 0.2) is 0 Å². The predicted octanol–water partition coefficient (Wildman–Crippen LogP) is 2.71. The van der Waals surface area contributed by atoms with Gasteiger partial charge < -0.3 is 14.8 Å². The molecule has 1 amide bonds. The molecule has 0 saturated carbocycles. The monoisotopic (exact) mass is 299 g/mol. The summed E-state index contributed by atoms with van der Waals surface area (Å²) in [4.78, 5) is 11.8. The van der Waals surface area contributed by atoms with E-state index in [9.17, 15) is 4.79 Å². The maximum Gasteiger partial charge on any atom is 0.246 e. The van der Waals surface area contributed by atoms with E-state index in [1.807, 2.05) is 60.7 Å². The molecule has 2 aromatic carbocycles. The summed E-state index contributed by atoms with van der Waals surface area (Å²) in [6, 6.07) is 19.6. The third-order valence-electron chi connectivity index (χ3n) is 3.21. The Bertz CT molecular complexity index is 557. The van der Waals surface area contributed by atoms with Crippen molar-refractivity contribution in [3.8, 4) is 0 Å². The van der Waals surface area contributed by atoms with E-state index in [-0.39, 0.29) is 18.6 Å². The van der Waals surface area contributed by atoms with Crippen LogP contribution in [0.3, 0.4) is 0 Å². The number of carbonyl (C=O) groups excluding carboxylic acids is 1. The third-order valence-corrected chi connectivity index (χ3v) is 3.21. The molecule has 4 nitrogen and oxygen atoms in total. The van der Waals surface area contributed by atoms with Crippen molar-refractivity contribution < 1.29 is 14.3 Å². The number of carbonyl (C=O) groups is 1. The quantitative estimate of drug-likeness (QED) is 0.815. The SMILES string of the molecule is COCC(=O)N[C@@H](COCc1ccccc1)c1ccccc1. The van der Waals surface area contributed by atoms with Gasteiger partial charge in [-0.15, -0.1) is 0 Å². The first-order valence-electron chi connectivity index (χ1n) is 7.24. The first-order valence-corrected chi connectivity index (χ1v) is 7.24. The molecular weight excluding hydrogens is 278 g/mol. The Hall–Kier alpha value is -2.17. The fourth-order valence-corrected chi connectivity index (χ4v) is 2.14. The van der Waals surface area contributed by atoms with Gasteiger partial charge in [-0.25, -0.2) is 0 Å². The molecule has 4 heteroatoms. The van der Waals surface area contributed by atoms with Crippen molar-refractivity contribution in [1.82, 2.24) is 5.32 Å². The van der Waals surface area contributed by atoms with E-state index in [4.69, 9.17) is 9.47 Å². The van der Waals surface area contributed by atoms with Crippen LogP contribution in [0.15, 0.2) is 60.7 Å². The van der Waals surface area contributed by atoms with E-state index in [1.54, 1.807) is 0 Å². The van der Waals surface area contributed by atoms with Crippen molar-refractivity contribution in [2.45, 2.75) is 12.6 Å². The first kappa shape index (κ1) is 16.2. The molecule has 0 heterocycles. The molecule has 0 aliphatic heterocycles. The van der Waals surface area contributed by atoms with Crippen LogP contribution in [0.2, 0.25) is 0 Å². The van der Waals surface area contributed by atoms with Crippen molar-refractivity contribution in [2.75, 3.05) is 20.3 Å².